The Labute approximate surface area is 122 Å². The SMILES string of the molecule is CC(C)(C)OC(=O)N[C@@H](CSCCCC(=O)[O-])C(=O)[O-]. The molecule has 0 radical (unpaired) electrons. The van der Waals surface area contributed by atoms with Crippen molar-refractivity contribution in [3.05, 3.63) is 0 Å². The molecule has 0 spiro atoms. The Balaban J connectivity index is 4.08. The lowest BCUT2D eigenvalue weighted by molar-refractivity contribution is -0.308. The number of aliphatic carboxylic acids is 2. The molecule has 1 N–H and O–H groups in total. The van der Waals surface area contributed by atoms with Gasteiger partial charge in [0.05, 0.1) is 12.0 Å². The van der Waals surface area contributed by atoms with Crippen molar-refractivity contribution in [3.63, 3.8) is 0 Å². The zero-order chi connectivity index (χ0) is 15.8. The molecule has 0 aromatic rings. The Morgan fingerprint density at radius 3 is 2.30 bits per heavy atom. The molecule has 0 saturated heterocycles. The van der Waals surface area contributed by atoms with E-state index in [1.54, 1.807) is 20.8 Å². The van der Waals surface area contributed by atoms with Crippen LogP contribution in [0.15, 0.2) is 0 Å². The van der Waals surface area contributed by atoms with Gasteiger partial charge < -0.3 is 29.9 Å². The Hall–Kier alpha value is -1.44. The van der Waals surface area contributed by atoms with Crippen molar-refractivity contribution in [1.82, 2.24) is 5.32 Å². The fourth-order valence-corrected chi connectivity index (χ4v) is 2.11. The zero-order valence-electron chi connectivity index (χ0n) is 11.8. The number of carbonyl (C=O) groups is 3. The molecule has 1 atom stereocenters. The molecule has 0 aliphatic carbocycles. The maximum atomic E-state index is 11.4. The molecular weight excluding hydrogens is 286 g/mol. The molecule has 0 aliphatic heterocycles. The molecule has 8 heteroatoms. The van der Waals surface area contributed by atoms with Gasteiger partial charge in [0.15, 0.2) is 0 Å². The van der Waals surface area contributed by atoms with Crippen LogP contribution in [0.1, 0.15) is 33.6 Å². The van der Waals surface area contributed by atoms with Gasteiger partial charge in [-0.3, -0.25) is 0 Å². The van der Waals surface area contributed by atoms with E-state index in [-0.39, 0.29) is 12.2 Å². The molecule has 0 unspecified atom stereocenters. The molecule has 7 nitrogen and oxygen atoms in total. The summed E-state index contributed by atoms with van der Waals surface area (Å²) in [5, 5.41) is 23.3. The molecule has 0 heterocycles. The number of hydrogen-bond acceptors (Lipinski definition) is 7. The molecule has 0 fully saturated rings. The molecule has 0 saturated carbocycles. The van der Waals surface area contributed by atoms with Crippen LogP contribution in [0.5, 0.6) is 0 Å². The maximum Gasteiger partial charge on any atom is 0.408 e. The molecule has 0 bridgehead atoms. The standard InChI is InChI=1S/C12H21NO6S/c1-12(2,3)19-11(18)13-8(10(16)17)7-20-6-4-5-9(14)15/h8H,4-7H2,1-3H3,(H,13,18)(H,14,15)(H,16,17)/p-2/t8-/m0/s1. The zero-order valence-corrected chi connectivity index (χ0v) is 12.6. The van der Waals surface area contributed by atoms with Gasteiger partial charge in [-0.25, -0.2) is 4.79 Å². The van der Waals surface area contributed by atoms with Gasteiger partial charge in [0.25, 0.3) is 0 Å². The summed E-state index contributed by atoms with van der Waals surface area (Å²) in [4.78, 5) is 32.5. The van der Waals surface area contributed by atoms with E-state index in [0.717, 1.165) is 0 Å². The van der Waals surface area contributed by atoms with Gasteiger partial charge in [-0.15, -0.1) is 0 Å². The summed E-state index contributed by atoms with van der Waals surface area (Å²) in [6, 6.07) is -1.18. The summed E-state index contributed by atoms with van der Waals surface area (Å²) in [5.74, 6) is -2.03. The first-order valence-corrected chi connectivity index (χ1v) is 7.25. The first-order chi connectivity index (χ1) is 9.11. The predicted octanol–water partition coefficient (Wildman–Crippen LogP) is -1.11. The normalized spacial score (nSPS) is 12.6. The smallest absolute Gasteiger partial charge is 0.408 e. The second kappa shape index (κ2) is 8.68. The molecule has 0 aromatic heterocycles. The summed E-state index contributed by atoms with van der Waals surface area (Å²) < 4.78 is 4.94. The largest absolute Gasteiger partial charge is 0.550 e. The van der Waals surface area contributed by atoms with Crippen LogP contribution in [0.4, 0.5) is 4.79 Å². The number of ether oxygens (including phenoxy) is 1. The van der Waals surface area contributed by atoms with E-state index in [2.05, 4.69) is 5.32 Å². The fraction of sp³-hybridized carbons (Fsp3) is 0.750. The lowest BCUT2D eigenvalue weighted by Crippen LogP contribution is -2.50. The van der Waals surface area contributed by atoms with Crippen molar-refractivity contribution in [1.29, 1.82) is 0 Å². The number of hydrogen-bond donors (Lipinski definition) is 1. The first-order valence-electron chi connectivity index (χ1n) is 6.10. The molecular formula is C12H19NO6S-2. The number of carboxylic acid groups (broad SMARTS) is 2. The van der Waals surface area contributed by atoms with Crippen molar-refractivity contribution in [2.75, 3.05) is 11.5 Å². The number of thioether (sulfide) groups is 1. The van der Waals surface area contributed by atoms with Gasteiger partial charge in [-0.2, -0.15) is 11.8 Å². The summed E-state index contributed by atoms with van der Waals surface area (Å²) in [6.07, 6.45) is -0.538. The van der Waals surface area contributed by atoms with Gasteiger partial charge >= 0.3 is 6.09 Å². The third-order valence-corrected chi connectivity index (χ3v) is 3.08. The fourth-order valence-electron chi connectivity index (χ4n) is 1.14. The minimum Gasteiger partial charge on any atom is -0.550 e. The monoisotopic (exact) mass is 305 g/mol. The van der Waals surface area contributed by atoms with E-state index in [1.807, 2.05) is 0 Å². The summed E-state index contributed by atoms with van der Waals surface area (Å²) in [6.45, 7) is 4.99. The Bertz CT molecular complexity index is 352. The molecule has 20 heavy (non-hydrogen) atoms. The second-order valence-electron chi connectivity index (χ2n) is 5.07. The predicted molar refractivity (Wildman–Crippen MR) is 69.7 cm³/mol. The lowest BCUT2D eigenvalue weighted by Gasteiger charge is -2.24. The average molecular weight is 305 g/mol. The minimum atomic E-state index is -1.41. The average Bonchev–Trinajstić information content (AvgIpc) is 2.23. The number of carboxylic acids is 2. The third kappa shape index (κ3) is 10.5. The van der Waals surface area contributed by atoms with Crippen LogP contribution in [-0.4, -0.2) is 41.2 Å². The van der Waals surface area contributed by atoms with Crippen LogP contribution in [0.25, 0.3) is 0 Å². The van der Waals surface area contributed by atoms with Crippen LogP contribution in [0.2, 0.25) is 0 Å². The van der Waals surface area contributed by atoms with Crippen LogP contribution in [0.3, 0.4) is 0 Å². The Morgan fingerprint density at radius 2 is 1.85 bits per heavy atom. The van der Waals surface area contributed by atoms with Gasteiger partial charge in [0.2, 0.25) is 0 Å². The number of alkyl carbamates (subject to hydrolysis) is 1. The van der Waals surface area contributed by atoms with Crippen LogP contribution in [-0.2, 0) is 14.3 Å². The number of carbonyl (C=O) groups excluding carboxylic acids is 3. The maximum absolute atomic E-state index is 11.4. The quantitative estimate of drug-likeness (QED) is 0.565. The van der Waals surface area contributed by atoms with Gasteiger partial charge in [-0.1, -0.05) is 0 Å². The van der Waals surface area contributed by atoms with Crippen molar-refractivity contribution in [2.45, 2.75) is 45.3 Å². The van der Waals surface area contributed by atoms with Crippen molar-refractivity contribution in [2.24, 2.45) is 0 Å². The highest BCUT2D eigenvalue weighted by Crippen LogP contribution is 2.09. The number of amides is 1. The molecule has 1 amide bonds. The Kier molecular flexibility index (Phi) is 8.05. The number of rotatable bonds is 8. The topological polar surface area (TPSA) is 119 Å². The Morgan fingerprint density at radius 1 is 1.25 bits per heavy atom. The number of nitrogens with one attached hydrogen (secondary N) is 1. The van der Waals surface area contributed by atoms with Crippen molar-refractivity contribution < 1.29 is 29.3 Å². The summed E-state index contributed by atoms with van der Waals surface area (Å²) in [5.41, 5.74) is -0.720. The molecule has 0 rings (SSSR count). The highest BCUT2D eigenvalue weighted by atomic mass is 32.2. The van der Waals surface area contributed by atoms with Crippen LogP contribution < -0.4 is 15.5 Å². The van der Waals surface area contributed by atoms with E-state index < -0.39 is 29.7 Å². The van der Waals surface area contributed by atoms with E-state index >= 15 is 0 Å². The van der Waals surface area contributed by atoms with E-state index in [4.69, 9.17) is 4.74 Å². The highest BCUT2D eigenvalue weighted by molar-refractivity contribution is 7.99. The van der Waals surface area contributed by atoms with Gasteiger partial charge in [0.1, 0.15) is 5.60 Å². The second-order valence-corrected chi connectivity index (χ2v) is 6.22. The highest BCUT2D eigenvalue weighted by Gasteiger charge is 2.20. The van der Waals surface area contributed by atoms with Crippen molar-refractivity contribution in [3.8, 4) is 0 Å². The molecule has 116 valence electrons. The molecule has 0 aliphatic rings. The molecule has 0 aromatic carbocycles. The summed E-state index contributed by atoms with van der Waals surface area (Å²) >= 11 is 1.21. The van der Waals surface area contributed by atoms with Gasteiger partial charge in [-0.05, 0) is 39.4 Å². The van der Waals surface area contributed by atoms with E-state index in [9.17, 15) is 24.6 Å². The van der Waals surface area contributed by atoms with Crippen molar-refractivity contribution >= 4 is 29.8 Å². The van der Waals surface area contributed by atoms with E-state index in [0.29, 0.717) is 12.2 Å². The van der Waals surface area contributed by atoms with Crippen LogP contribution in [0, 0.1) is 0 Å². The van der Waals surface area contributed by atoms with Crippen LogP contribution >= 0.6 is 11.8 Å². The van der Waals surface area contributed by atoms with Gasteiger partial charge in [0, 0.05) is 11.7 Å². The first kappa shape index (κ1) is 18.6. The lowest BCUT2D eigenvalue weighted by atomic mass is 10.2. The third-order valence-electron chi connectivity index (χ3n) is 1.93. The van der Waals surface area contributed by atoms with E-state index in [1.165, 1.54) is 11.8 Å². The summed E-state index contributed by atoms with van der Waals surface area (Å²) in [7, 11) is 0. The minimum absolute atomic E-state index is 0.0780.